The lowest BCUT2D eigenvalue weighted by atomic mass is 9.79. The highest BCUT2D eigenvalue weighted by Crippen LogP contribution is 2.53. The van der Waals surface area contributed by atoms with E-state index < -0.39 is 118 Å². The van der Waals surface area contributed by atoms with Crippen LogP contribution in [0.3, 0.4) is 0 Å². The van der Waals surface area contributed by atoms with Gasteiger partial charge in [-0.2, -0.15) is 43.8 Å². The number of piperidine rings is 1. The van der Waals surface area contributed by atoms with Crippen LogP contribution in [0.4, 0.5) is 39.5 Å². The first kappa shape index (κ1) is 36.8. The van der Waals surface area contributed by atoms with Gasteiger partial charge in [0.15, 0.2) is 20.0 Å². The summed E-state index contributed by atoms with van der Waals surface area (Å²) in [5, 5.41) is 5.11. The first-order valence-electron chi connectivity index (χ1n) is 10.8. The predicted molar refractivity (Wildman–Crippen MR) is 116 cm³/mol. The summed E-state index contributed by atoms with van der Waals surface area (Å²) in [5.41, 5.74) is -7.98. The minimum atomic E-state index is -7.99. The monoisotopic (exact) mass is 667 g/mol. The van der Waals surface area contributed by atoms with Crippen LogP contribution in [0, 0.1) is 11.3 Å². The Hall–Kier alpha value is -1.27. The maximum atomic E-state index is 14.4. The molecule has 1 fully saturated rings. The fraction of sp³-hybridized carbons (Fsp3) is 0.941. The van der Waals surface area contributed by atoms with E-state index in [9.17, 15) is 79.8 Å². The molecule has 2 N–H and O–H groups in total. The largest absolute Gasteiger partial charge is 0.480 e. The lowest BCUT2D eigenvalue weighted by molar-refractivity contribution is -0.244. The first-order valence-corrected chi connectivity index (χ1v) is 15.2. The third-order valence-electron chi connectivity index (χ3n) is 6.45. The number of aliphatic hydroxyl groups is 2. The second kappa shape index (κ2) is 11.4. The Morgan fingerprint density at radius 3 is 1.73 bits per heavy atom. The van der Waals surface area contributed by atoms with Crippen LogP contribution in [0.1, 0.15) is 39.5 Å². The number of Topliss-reactive ketones (excluding diaryl/α,β-unsaturated/α-hetero) is 1. The summed E-state index contributed by atoms with van der Waals surface area (Å²) >= 11 is 0. The van der Waals surface area contributed by atoms with E-state index in [2.05, 4.69) is 0 Å². The van der Waals surface area contributed by atoms with Gasteiger partial charge in [0, 0.05) is 24.9 Å². The van der Waals surface area contributed by atoms with Gasteiger partial charge in [0.2, 0.25) is 0 Å². The van der Waals surface area contributed by atoms with Crippen molar-refractivity contribution < 1.29 is 79.8 Å². The molecule has 0 aromatic heterocycles. The minimum absolute atomic E-state index is 0.158. The smallest absolute Gasteiger partial charge is 0.423 e. The van der Waals surface area contributed by atoms with Crippen molar-refractivity contribution in [1.29, 1.82) is 0 Å². The van der Waals surface area contributed by atoms with E-state index in [-0.39, 0.29) is 6.42 Å². The van der Waals surface area contributed by atoms with Crippen molar-refractivity contribution in [3.05, 3.63) is 4.13 Å². The number of carbonyl (C=O) groups is 1. The van der Waals surface area contributed by atoms with Gasteiger partial charge < -0.3 is 14.3 Å². The highest BCUT2D eigenvalue weighted by atomic mass is 32.3. The molecule has 1 aliphatic heterocycles. The normalized spacial score (nSPS) is 20.2. The average molecular weight is 668 g/mol. The number of nitrogens with zero attached hydrogens (tertiary/aromatic N) is 2. The van der Waals surface area contributed by atoms with Crippen molar-refractivity contribution in [2.75, 3.05) is 19.7 Å². The lowest BCUT2D eigenvalue weighted by Gasteiger charge is -2.39. The number of halogens is 9. The van der Waals surface area contributed by atoms with Gasteiger partial charge in [0.25, 0.3) is 10.0 Å². The molecule has 23 heteroatoms. The van der Waals surface area contributed by atoms with Gasteiger partial charge in [0.05, 0.1) is 12.7 Å². The quantitative estimate of drug-likeness (QED) is 0.279. The molecule has 0 radical (unpaired) electrons. The predicted octanol–water partition coefficient (Wildman–Crippen LogP) is 2.13. The zero-order valence-corrected chi connectivity index (χ0v) is 22.8. The van der Waals surface area contributed by atoms with Crippen LogP contribution < -0.4 is 0 Å². The zero-order chi connectivity index (χ0) is 32.0. The van der Waals surface area contributed by atoms with Gasteiger partial charge in [-0.05, 0) is 25.2 Å². The molecule has 11 nitrogen and oxygen atoms in total. The van der Waals surface area contributed by atoms with Crippen molar-refractivity contribution >= 4 is 35.9 Å². The number of carbonyl (C=O) groups excluding carboxylic acids is 1. The molecule has 0 aromatic carbocycles. The highest BCUT2D eigenvalue weighted by Gasteiger charge is 2.81. The molecule has 0 aliphatic carbocycles. The Kier molecular flexibility index (Phi) is 10.5. The van der Waals surface area contributed by atoms with Gasteiger partial charge >= 0.3 is 21.9 Å². The maximum Gasteiger partial charge on any atom is 0.480 e. The van der Waals surface area contributed by atoms with Crippen LogP contribution in [-0.2, 0) is 34.9 Å². The van der Waals surface area contributed by atoms with E-state index in [0.29, 0.717) is 4.13 Å². The van der Waals surface area contributed by atoms with Crippen molar-refractivity contribution in [3.8, 4) is 0 Å². The Balaban J connectivity index is 3.20. The number of hydrogen-bond acceptors (Lipinski definition) is 9. The number of hydrogen-bond donors (Lipinski definition) is 2. The first-order chi connectivity index (χ1) is 17.6. The Morgan fingerprint density at radius 2 is 1.35 bits per heavy atom. The summed E-state index contributed by atoms with van der Waals surface area (Å²) in [5.74, 6) is -9.18. The topological polar surface area (TPSA) is 177 Å². The summed E-state index contributed by atoms with van der Waals surface area (Å²) < 4.78 is 191. The van der Waals surface area contributed by atoms with Crippen molar-refractivity contribution in [2.45, 2.75) is 67.6 Å². The molecule has 1 saturated heterocycles. The molecule has 1 rings (SSSR count). The fourth-order valence-electron chi connectivity index (χ4n) is 3.37. The van der Waals surface area contributed by atoms with Gasteiger partial charge in [-0.1, -0.05) is 13.8 Å². The molecule has 0 aromatic rings. The summed E-state index contributed by atoms with van der Waals surface area (Å²) in [6.45, 7) is 0.0598. The molecule has 238 valence electrons. The Labute approximate surface area is 222 Å². The summed E-state index contributed by atoms with van der Waals surface area (Å²) in [6.07, 6.45) is -3.13. The van der Waals surface area contributed by atoms with E-state index in [1.165, 1.54) is 6.92 Å². The Bertz CT molecular complexity index is 1260. The molecule has 40 heavy (non-hydrogen) atoms. The van der Waals surface area contributed by atoms with Crippen molar-refractivity contribution in [3.63, 3.8) is 0 Å². The molecule has 1 aliphatic rings. The molecule has 2 unspecified atom stereocenters. The van der Waals surface area contributed by atoms with Crippen molar-refractivity contribution in [1.82, 2.24) is 4.31 Å². The van der Waals surface area contributed by atoms with Crippen LogP contribution >= 0.6 is 0 Å². The summed E-state index contributed by atoms with van der Waals surface area (Å²) in [6, 6.07) is 0. The van der Waals surface area contributed by atoms with Gasteiger partial charge in [-0.25, -0.2) is 25.3 Å². The maximum absolute atomic E-state index is 14.4. The van der Waals surface area contributed by atoms with Crippen LogP contribution in [-0.4, -0.2) is 93.3 Å². The van der Waals surface area contributed by atoms with E-state index in [1.807, 2.05) is 0 Å². The number of ketones is 1. The lowest BCUT2D eigenvalue weighted by Crippen LogP contribution is -2.63. The van der Waals surface area contributed by atoms with E-state index >= 15 is 0 Å². The van der Waals surface area contributed by atoms with E-state index in [1.54, 1.807) is 6.92 Å². The number of alkyl halides is 9. The molecule has 2 atom stereocenters. The Morgan fingerprint density at radius 1 is 0.900 bits per heavy atom. The summed E-state index contributed by atoms with van der Waals surface area (Å²) in [4.78, 5) is 12.3. The third kappa shape index (κ3) is 6.38. The highest BCUT2D eigenvalue weighted by molar-refractivity contribution is 8.13. The molecule has 0 saturated carbocycles. The number of rotatable bonds is 13. The third-order valence-corrected chi connectivity index (χ3v) is 11.5. The molecule has 0 spiro atoms. The van der Waals surface area contributed by atoms with Gasteiger partial charge in [0.1, 0.15) is 5.78 Å². The number of aliphatic hydroxyl groups excluding tert-OH is 2. The van der Waals surface area contributed by atoms with Crippen LogP contribution in [0.25, 0.3) is 4.13 Å². The van der Waals surface area contributed by atoms with Crippen LogP contribution in [0.15, 0.2) is 0 Å². The van der Waals surface area contributed by atoms with Crippen molar-refractivity contribution in [2.24, 2.45) is 11.3 Å². The van der Waals surface area contributed by atoms with Gasteiger partial charge in [-0.15, -0.1) is 0 Å². The SMILES string of the molecule is CCC(C)(CO)C(=O)CC(O)C1CCN(S(=O)(=O)C(F)(F)C(F)(F)C(F)(F)S(=O)(=O)[N-]S(=O)(=O)C(F)(F)F)CC1. The fourth-order valence-corrected chi connectivity index (χ4v) is 7.11. The second-order valence-corrected chi connectivity index (χ2v) is 14.5. The second-order valence-electron chi connectivity index (χ2n) is 9.09. The molecular formula is C17H24F9N2O9S3-. The van der Waals surface area contributed by atoms with E-state index in [0.717, 1.165) is 0 Å². The standard InChI is InChI=1S/C17H24F9N2O9S3/c1-3-13(2,9-29)12(31)8-11(30)10-4-6-28(7-5-10)40(36,37)16(22,23)14(18,19)15(20,21)38(32,33)27-39(34,35)17(24,25)26/h10-11,29-30H,3-9H2,1-2H3/q-1. The minimum Gasteiger partial charge on any atom is -0.423 e. The molecule has 1 heterocycles. The van der Waals surface area contributed by atoms with E-state index in [4.69, 9.17) is 0 Å². The van der Waals surface area contributed by atoms with Crippen LogP contribution in [0.2, 0.25) is 0 Å². The molecular weight excluding hydrogens is 643 g/mol. The number of sulfonamides is 3. The van der Waals surface area contributed by atoms with Gasteiger partial charge in [-0.3, -0.25) is 4.79 Å². The molecule has 0 amide bonds. The van der Waals surface area contributed by atoms with Crippen LogP contribution in [0.5, 0.6) is 0 Å². The summed E-state index contributed by atoms with van der Waals surface area (Å²) in [7, 11) is -22.4. The molecule has 0 bridgehead atoms. The average Bonchev–Trinajstić information content (AvgIpc) is 2.81. The zero-order valence-electron chi connectivity index (χ0n) is 20.4.